The Kier molecular flexibility index (Phi) is 9.53. The number of rotatable bonds is 7. The summed E-state index contributed by atoms with van der Waals surface area (Å²) < 4.78 is 0. The van der Waals surface area contributed by atoms with Gasteiger partial charge in [-0.3, -0.25) is 9.59 Å². The molecular weight excluding hydrogens is 338 g/mol. The lowest BCUT2D eigenvalue weighted by atomic mass is 9.88. The SMILES string of the molecule is CC(N)CCC(=O)NCc1cccc(NC(=O)C2CCCCC2)c1.Cl. The van der Waals surface area contributed by atoms with Crippen LogP contribution in [0, 0.1) is 5.92 Å². The van der Waals surface area contributed by atoms with Crippen LogP contribution in [0.15, 0.2) is 24.3 Å². The third-order valence-electron chi connectivity index (χ3n) is 4.49. The molecule has 1 aromatic carbocycles. The van der Waals surface area contributed by atoms with Gasteiger partial charge in [-0.2, -0.15) is 0 Å². The number of benzene rings is 1. The van der Waals surface area contributed by atoms with Gasteiger partial charge in [0.1, 0.15) is 0 Å². The van der Waals surface area contributed by atoms with Crippen LogP contribution in [0.3, 0.4) is 0 Å². The summed E-state index contributed by atoms with van der Waals surface area (Å²) in [4.78, 5) is 24.1. The van der Waals surface area contributed by atoms with Crippen molar-refractivity contribution >= 4 is 29.9 Å². The Balaban J connectivity index is 0.00000312. The number of amides is 2. The Morgan fingerprint density at radius 1 is 1.24 bits per heavy atom. The molecule has 5 nitrogen and oxygen atoms in total. The quantitative estimate of drug-likeness (QED) is 0.690. The van der Waals surface area contributed by atoms with Crippen LogP contribution >= 0.6 is 12.4 Å². The number of anilines is 1. The van der Waals surface area contributed by atoms with Crippen molar-refractivity contribution in [2.75, 3.05) is 5.32 Å². The lowest BCUT2D eigenvalue weighted by Gasteiger charge is -2.20. The summed E-state index contributed by atoms with van der Waals surface area (Å²) in [5, 5.41) is 5.90. The van der Waals surface area contributed by atoms with Crippen LogP contribution in [0.25, 0.3) is 0 Å². The molecule has 1 saturated carbocycles. The second kappa shape index (κ2) is 11.1. The Bertz CT molecular complexity index is 557. The molecular formula is C19H30ClN3O2. The molecule has 0 aromatic heterocycles. The van der Waals surface area contributed by atoms with Crippen molar-refractivity contribution in [2.45, 2.75) is 64.5 Å². The summed E-state index contributed by atoms with van der Waals surface area (Å²) in [5.41, 5.74) is 7.43. The standard InChI is InChI=1S/C19H29N3O2.ClH/c1-14(20)10-11-18(23)21-13-15-6-5-9-17(12-15)22-19(24)16-7-3-2-4-8-16;/h5-6,9,12,14,16H,2-4,7-8,10-11,13,20H2,1H3,(H,21,23)(H,22,24);1H. The summed E-state index contributed by atoms with van der Waals surface area (Å²) in [7, 11) is 0. The van der Waals surface area contributed by atoms with Gasteiger partial charge in [-0.05, 0) is 43.9 Å². The summed E-state index contributed by atoms with van der Waals surface area (Å²) in [5.74, 6) is 0.261. The highest BCUT2D eigenvalue weighted by molar-refractivity contribution is 5.92. The summed E-state index contributed by atoms with van der Waals surface area (Å²) >= 11 is 0. The Hall–Kier alpha value is -1.59. The first-order valence-corrected chi connectivity index (χ1v) is 8.96. The van der Waals surface area contributed by atoms with Crippen LogP contribution in [0.2, 0.25) is 0 Å². The van der Waals surface area contributed by atoms with Gasteiger partial charge in [0.25, 0.3) is 0 Å². The van der Waals surface area contributed by atoms with E-state index in [2.05, 4.69) is 10.6 Å². The molecule has 25 heavy (non-hydrogen) atoms. The number of carbonyl (C=O) groups excluding carboxylic acids is 2. The molecule has 1 aliphatic carbocycles. The van der Waals surface area contributed by atoms with Crippen molar-refractivity contribution in [1.82, 2.24) is 5.32 Å². The van der Waals surface area contributed by atoms with E-state index in [4.69, 9.17) is 5.73 Å². The maximum Gasteiger partial charge on any atom is 0.227 e. The molecule has 1 aliphatic rings. The lowest BCUT2D eigenvalue weighted by molar-refractivity contribution is -0.122. The first kappa shape index (κ1) is 21.5. The number of halogens is 1. The van der Waals surface area contributed by atoms with Gasteiger partial charge in [-0.25, -0.2) is 0 Å². The molecule has 0 radical (unpaired) electrons. The molecule has 1 fully saturated rings. The Morgan fingerprint density at radius 3 is 2.64 bits per heavy atom. The molecule has 0 bridgehead atoms. The lowest BCUT2D eigenvalue weighted by Crippen LogP contribution is -2.26. The van der Waals surface area contributed by atoms with E-state index in [0.29, 0.717) is 19.4 Å². The zero-order valence-electron chi connectivity index (χ0n) is 14.9. The van der Waals surface area contributed by atoms with Crippen LogP contribution in [-0.2, 0) is 16.1 Å². The third kappa shape index (κ3) is 7.88. The van der Waals surface area contributed by atoms with E-state index in [-0.39, 0.29) is 36.2 Å². The number of hydrogen-bond acceptors (Lipinski definition) is 3. The maximum absolute atomic E-state index is 12.3. The molecule has 0 saturated heterocycles. The molecule has 1 atom stereocenters. The van der Waals surface area contributed by atoms with Crippen LogP contribution in [0.4, 0.5) is 5.69 Å². The fraction of sp³-hybridized carbons (Fsp3) is 0.579. The first-order chi connectivity index (χ1) is 11.5. The molecule has 140 valence electrons. The maximum atomic E-state index is 12.3. The Labute approximate surface area is 156 Å². The zero-order chi connectivity index (χ0) is 17.4. The van der Waals surface area contributed by atoms with Crippen LogP contribution in [-0.4, -0.2) is 17.9 Å². The van der Waals surface area contributed by atoms with Gasteiger partial charge >= 0.3 is 0 Å². The normalized spacial score (nSPS) is 15.8. The highest BCUT2D eigenvalue weighted by Gasteiger charge is 2.21. The minimum absolute atomic E-state index is 0. The van der Waals surface area contributed by atoms with E-state index in [1.165, 1.54) is 6.42 Å². The molecule has 2 amide bonds. The molecule has 6 heteroatoms. The molecule has 1 aromatic rings. The summed E-state index contributed by atoms with van der Waals surface area (Å²) in [6.07, 6.45) is 6.63. The second-order valence-electron chi connectivity index (χ2n) is 6.82. The van der Waals surface area contributed by atoms with E-state index < -0.39 is 0 Å². The monoisotopic (exact) mass is 367 g/mol. The molecule has 2 rings (SSSR count). The number of hydrogen-bond donors (Lipinski definition) is 3. The van der Waals surface area contributed by atoms with Gasteiger partial charge < -0.3 is 16.4 Å². The van der Waals surface area contributed by atoms with E-state index in [0.717, 1.165) is 36.9 Å². The third-order valence-corrected chi connectivity index (χ3v) is 4.49. The van der Waals surface area contributed by atoms with Gasteiger partial charge in [0.2, 0.25) is 11.8 Å². The topological polar surface area (TPSA) is 84.2 Å². The molecule has 4 N–H and O–H groups in total. The first-order valence-electron chi connectivity index (χ1n) is 8.96. The highest BCUT2D eigenvalue weighted by atomic mass is 35.5. The van der Waals surface area contributed by atoms with Crippen molar-refractivity contribution in [3.63, 3.8) is 0 Å². The van der Waals surface area contributed by atoms with Crippen molar-refractivity contribution in [2.24, 2.45) is 11.7 Å². The van der Waals surface area contributed by atoms with E-state index in [1.807, 2.05) is 31.2 Å². The molecule has 1 unspecified atom stereocenters. The predicted molar refractivity (Wildman–Crippen MR) is 104 cm³/mol. The Morgan fingerprint density at radius 2 is 1.96 bits per heavy atom. The van der Waals surface area contributed by atoms with Crippen molar-refractivity contribution < 1.29 is 9.59 Å². The van der Waals surface area contributed by atoms with Gasteiger partial charge in [0.05, 0.1) is 0 Å². The average molecular weight is 368 g/mol. The minimum atomic E-state index is 0. The smallest absolute Gasteiger partial charge is 0.227 e. The van der Waals surface area contributed by atoms with E-state index in [1.54, 1.807) is 0 Å². The van der Waals surface area contributed by atoms with E-state index >= 15 is 0 Å². The largest absolute Gasteiger partial charge is 0.352 e. The fourth-order valence-electron chi connectivity index (χ4n) is 3.02. The predicted octanol–water partition coefficient (Wildman–Crippen LogP) is 3.37. The zero-order valence-corrected chi connectivity index (χ0v) is 15.7. The van der Waals surface area contributed by atoms with Gasteiger partial charge in [0.15, 0.2) is 0 Å². The highest BCUT2D eigenvalue weighted by Crippen LogP contribution is 2.25. The van der Waals surface area contributed by atoms with Gasteiger partial charge in [0, 0.05) is 30.6 Å². The number of nitrogens with two attached hydrogens (primary N) is 1. The summed E-state index contributed by atoms with van der Waals surface area (Å²) in [6, 6.07) is 7.70. The van der Waals surface area contributed by atoms with Gasteiger partial charge in [-0.15, -0.1) is 12.4 Å². The molecule has 0 spiro atoms. The van der Waals surface area contributed by atoms with Crippen molar-refractivity contribution in [3.05, 3.63) is 29.8 Å². The van der Waals surface area contributed by atoms with Crippen LogP contribution in [0.1, 0.15) is 57.4 Å². The van der Waals surface area contributed by atoms with Crippen molar-refractivity contribution in [3.8, 4) is 0 Å². The molecule has 0 aliphatic heterocycles. The summed E-state index contributed by atoms with van der Waals surface area (Å²) in [6.45, 7) is 2.36. The number of nitrogens with one attached hydrogen (secondary N) is 2. The van der Waals surface area contributed by atoms with Crippen molar-refractivity contribution in [1.29, 1.82) is 0 Å². The minimum Gasteiger partial charge on any atom is -0.352 e. The number of carbonyl (C=O) groups is 2. The van der Waals surface area contributed by atoms with Gasteiger partial charge in [-0.1, -0.05) is 31.4 Å². The molecule has 0 heterocycles. The van der Waals surface area contributed by atoms with E-state index in [9.17, 15) is 9.59 Å². The van der Waals surface area contributed by atoms with Crippen LogP contribution < -0.4 is 16.4 Å². The van der Waals surface area contributed by atoms with Crippen LogP contribution in [0.5, 0.6) is 0 Å². The second-order valence-corrected chi connectivity index (χ2v) is 6.82. The average Bonchev–Trinajstić information content (AvgIpc) is 2.59. The fourth-order valence-corrected chi connectivity index (χ4v) is 3.02.